The van der Waals surface area contributed by atoms with Crippen molar-refractivity contribution < 1.29 is 13.9 Å². The van der Waals surface area contributed by atoms with Crippen molar-refractivity contribution in [3.8, 4) is 0 Å². The summed E-state index contributed by atoms with van der Waals surface area (Å²) >= 11 is 0. The van der Waals surface area contributed by atoms with Gasteiger partial charge in [-0.15, -0.1) is 0 Å². The highest BCUT2D eigenvalue weighted by Gasteiger charge is 2.16. The van der Waals surface area contributed by atoms with Crippen LogP contribution in [0.15, 0.2) is 47.1 Å². The largest absolute Gasteiger partial charge is 0.463 e. The van der Waals surface area contributed by atoms with E-state index in [0.29, 0.717) is 11.3 Å². The first-order chi connectivity index (χ1) is 12.2. The van der Waals surface area contributed by atoms with Gasteiger partial charge in [0.2, 0.25) is 0 Å². The zero-order valence-electron chi connectivity index (χ0n) is 14.2. The Kier molecular flexibility index (Phi) is 4.29. The van der Waals surface area contributed by atoms with E-state index in [-0.39, 0.29) is 5.91 Å². The maximum atomic E-state index is 12.6. The van der Waals surface area contributed by atoms with Gasteiger partial charge in [-0.05, 0) is 17.7 Å². The number of hydrogen-bond donors (Lipinski definition) is 1. The second-order valence-electron chi connectivity index (χ2n) is 6.30. The Morgan fingerprint density at radius 2 is 2.04 bits per heavy atom. The molecule has 0 bridgehead atoms. The first-order valence-corrected chi connectivity index (χ1v) is 8.44. The number of fused-ring (bicyclic) bond motifs is 1. The Hall–Kier alpha value is -2.57. The number of morpholine rings is 1. The number of nitrogens with zero attached hydrogens (tertiary/aromatic N) is 2. The van der Waals surface area contributed by atoms with Crippen molar-refractivity contribution in [2.75, 3.05) is 31.6 Å². The van der Waals surface area contributed by atoms with Crippen molar-refractivity contribution in [2.45, 2.75) is 6.54 Å². The van der Waals surface area contributed by atoms with E-state index in [1.165, 1.54) is 5.56 Å². The van der Waals surface area contributed by atoms with E-state index in [2.05, 4.69) is 16.3 Å². The standard InChI is InChI=1S/C19H21N3O3/c1-21-16-5-8-25-18(16)12-17(21)19(23)20-15-4-2-3-14(11-15)13-22-6-9-24-10-7-22/h2-5,8,11-12H,6-7,9-10,13H2,1H3,(H,20,23). The molecule has 6 heteroatoms. The average molecular weight is 339 g/mol. The number of carbonyl (C=O) groups is 1. The third kappa shape index (κ3) is 3.31. The smallest absolute Gasteiger partial charge is 0.272 e. The molecule has 0 saturated carbocycles. The summed E-state index contributed by atoms with van der Waals surface area (Å²) in [6, 6.07) is 11.6. The van der Waals surface area contributed by atoms with Crippen LogP contribution in [0.2, 0.25) is 0 Å². The Bertz CT molecular complexity index is 890. The van der Waals surface area contributed by atoms with Gasteiger partial charge in [-0.1, -0.05) is 12.1 Å². The minimum atomic E-state index is -0.141. The monoisotopic (exact) mass is 339 g/mol. The highest BCUT2D eigenvalue weighted by Crippen LogP contribution is 2.21. The van der Waals surface area contributed by atoms with E-state index >= 15 is 0 Å². The summed E-state index contributed by atoms with van der Waals surface area (Å²) in [5, 5.41) is 2.98. The molecule has 0 radical (unpaired) electrons. The summed E-state index contributed by atoms with van der Waals surface area (Å²) in [6.07, 6.45) is 1.63. The fourth-order valence-electron chi connectivity index (χ4n) is 3.23. The fourth-order valence-corrected chi connectivity index (χ4v) is 3.23. The molecular formula is C19H21N3O3. The molecule has 4 rings (SSSR count). The molecule has 0 aliphatic carbocycles. The maximum Gasteiger partial charge on any atom is 0.272 e. The zero-order valence-corrected chi connectivity index (χ0v) is 14.2. The lowest BCUT2D eigenvalue weighted by atomic mass is 10.1. The third-order valence-electron chi connectivity index (χ3n) is 4.59. The Morgan fingerprint density at radius 1 is 1.20 bits per heavy atom. The van der Waals surface area contributed by atoms with E-state index in [1.807, 2.05) is 35.9 Å². The summed E-state index contributed by atoms with van der Waals surface area (Å²) < 4.78 is 12.6. The molecule has 130 valence electrons. The van der Waals surface area contributed by atoms with E-state index in [9.17, 15) is 4.79 Å². The van der Waals surface area contributed by atoms with Gasteiger partial charge in [-0.3, -0.25) is 9.69 Å². The molecule has 1 amide bonds. The van der Waals surface area contributed by atoms with Gasteiger partial charge in [0.1, 0.15) is 5.69 Å². The highest BCUT2D eigenvalue weighted by molar-refractivity contribution is 6.05. The van der Waals surface area contributed by atoms with E-state index < -0.39 is 0 Å². The van der Waals surface area contributed by atoms with Gasteiger partial charge >= 0.3 is 0 Å². The van der Waals surface area contributed by atoms with Crippen molar-refractivity contribution in [3.05, 3.63) is 53.9 Å². The zero-order chi connectivity index (χ0) is 17.2. The summed E-state index contributed by atoms with van der Waals surface area (Å²) in [7, 11) is 1.86. The second kappa shape index (κ2) is 6.74. The molecule has 1 saturated heterocycles. The summed E-state index contributed by atoms with van der Waals surface area (Å²) in [5.41, 5.74) is 4.18. The number of amides is 1. The number of carbonyl (C=O) groups excluding carboxylic acids is 1. The molecule has 3 heterocycles. The van der Waals surface area contributed by atoms with Crippen LogP contribution in [0.5, 0.6) is 0 Å². The molecule has 1 aliphatic rings. The van der Waals surface area contributed by atoms with Crippen LogP contribution in [0.3, 0.4) is 0 Å². The van der Waals surface area contributed by atoms with Gasteiger partial charge < -0.3 is 19.0 Å². The predicted molar refractivity (Wildman–Crippen MR) is 95.7 cm³/mol. The highest BCUT2D eigenvalue weighted by atomic mass is 16.5. The number of aromatic nitrogens is 1. The number of furan rings is 1. The van der Waals surface area contributed by atoms with Gasteiger partial charge in [0, 0.05) is 44.5 Å². The summed E-state index contributed by atoms with van der Waals surface area (Å²) in [6.45, 7) is 4.32. The van der Waals surface area contributed by atoms with E-state index in [4.69, 9.17) is 9.15 Å². The SMILES string of the molecule is Cn1c(C(=O)Nc2cccc(CN3CCOCC3)c2)cc2occc21. The maximum absolute atomic E-state index is 12.6. The topological polar surface area (TPSA) is 59.6 Å². The van der Waals surface area contributed by atoms with Crippen molar-refractivity contribution in [1.29, 1.82) is 0 Å². The Labute approximate surface area is 146 Å². The molecule has 2 aromatic heterocycles. The minimum Gasteiger partial charge on any atom is -0.463 e. The average Bonchev–Trinajstić information content (AvgIpc) is 3.19. The lowest BCUT2D eigenvalue weighted by molar-refractivity contribution is 0.0342. The van der Waals surface area contributed by atoms with Gasteiger partial charge in [-0.25, -0.2) is 0 Å². The van der Waals surface area contributed by atoms with Crippen molar-refractivity contribution in [3.63, 3.8) is 0 Å². The third-order valence-corrected chi connectivity index (χ3v) is 4.59. The Balaban J connectivity index is 1.48. The molecule has 25 heavy (non-hydrogen) atoms. The molecule has 6 nitrogen and oxygen atoms in total. The molecule has 3 aromatic rings. The minimum absolute atomic E-state index is 0.141. The first kappa shape index (κ1) is 15.9. The van der Waals surface area contributed by atoms with Crippen LogP contribution >= 0.6 is 0 Å². The number of benzene rings is 1. The van der Waals surface area contributed by atoms with Crippen LogP contribution < -0.4 is 5.32 Å². The number of hydrogen-bond acceptors (Lipinski definition) is 4. The number of ether oxygens (including phenoxy) is 1. The summed E-state index contributed by atoms with van der Waals surface area (Å²) in [5.74, 6) is -0.141. The van der Waals surface area contributed by atoms with Crippen molar-refractivity contribution in [2.24, 2.45) is 7.05 Å². The quantitative estimate of drug-likeness (QED) is 0.794. The lowest BCUT2D eigenvalue weighted by Crippen LogP contribution is -2.35. The van der Waals surface area contributed by atoms with E-state index in [1.54, 1.807) is 12.3 Å². The molecular weight excluding hydrogens is 318 g/mol. The fraction of sp³-hybridized carbons (Fsp3) is 0.316. The Morgan fingerprint density at radius 3 is 2.84 bits per heavy atom. The van der Waals surface area contributed by atoms with Crippen LogP contribution in [-0.4, -0.2) is 41.7 Å². The molecule has 1 fully saturated rings. The van der Waals surface area contributed by atoms with Crippen LogP contribution in [0.1, 0.15) is 16.1 Å². The number of anilines is 1. The van der Waals surface area contributed by atoms with Gasteiger partial charge in [0.25, 0.3) is 5.91 Å². The number of nitrogens with one attached hydrogen (secondary N) is 1. The van der Waals surface area contributed by atoms with E-state index in [0.717, 1.165) is 44.1 Å². The van der Waals surface area contributed by atoms with Gasteiger partial charge in [-0.2, -0.15) is 0 Å². The van der Waals surface area contributed by atoms with Crippen LogP contribution in [0, 0.1) is 0 Å². The number of aryl methyl sites for hydroxylation is 1. The van der Waals surface area contributed by atoms with Crippen LogP contribution in [0.4, 0.5) is 5.69 Å². The molecule has 0 spiro atoms. The predicted octanol–water partition coefficient (Wildman–Crippen LogP) is 2.86. The number of rotatable bonds is 4. The van der Waals surface area contributed by atoms with Crippen molar-refractivity contribution in [1.82, 2.24) is 9.47 Å². The van der Waals surface area contributed by atoms with Gasteiger partial charge in [0.05, 0.1) is 25.0 Å². The summed E-state index contributed by atoms with van der Waals surface area (Å²) in [4.78, 5) is 15.0. The molecule has 1 N–H and O–H groups in total. The van der Waals surface area contributed by atoms with Crippen LogP contribution in [-0.2, 0) is 18.3 Å². The molecule has 0 atom stereocenters. The van der Waals surface area contributed by atoms with Crippen molar-refractivity contribution >= 4 is 22.7 Å². The molecule has 1 aromatic carbocycles. The van der Waals surface area contributed by atoms with Crippen LogP contribution in [0.25, 0.3) is 11.1 Å². The first-order valence-electron chi connectivity index (χ1n) is 8.44. The second-order valence-corrected chi connectivity index (χ2v) is 6.30. The van der Waals surface area contributed by atoms with Gasteiger partial charge in [0.15, 0.2) is 5.58 Å². The molecule has 0 unspecified atom stereocenters. The molecule has 1 aliphatic heterocycles. The lowest BCUT2D eigenvalue weighted by Gasteiger charge is -2.26. The normalized spacial score (nSPS) is 15.6.